The lowest BCUT2D eigenvalue weighted by Crippen LogP contribution is -2.49. The number of hydrogen-bond acceptors (Lipinski definition) is 4. The molecule has 0 bridgehead atoms. The molecule has 1 aromatic heterocycles. The fraction of sp³-hybridized carbons (Fsp3) is 0.526. The van der Waals surface area contributed by atoms with Crippen LogP contribution in [0.15, 0.2) is 24.4 Å². The first-order valence-corrected chi connectivity index (χ1v) is 9.63. The summed E-state index contributed by atoms with van der Waals surface area (Å²) in [6, 6.07) is 5.37. The zero-order valence-electron chi connectivity index (χ0n) is 14.9. The molecule has 0 aliphatic carbocycles. The van der Waals surface area contributed by atoms with Crippen LogP contribution in [0.5, 0.6) is 0 Å². The largest absolute Gasteiger partial charge is 0.355 e. The van der Waals surface area contributed by atoms with Gasteiger partial charge in [-0.25, -0.2) is 13.8 Å². The first-order chi connectivity index (χ1) is 12.9. The van der Waals surface area contributed by atoms with E-state index in [1.54, 1.807) is 23.2 Å². The van der Waals surface area contributed by atoms with Crippen LogP contribution in [0.3, 0.4) is 0 Å². The molecule has 144 valence electrons. The second-order valence-electron chi connectivity index (χ2n) is 7.33. The molecule has 1 atom stereocenters. The van der Waals surface area contributed by atoms with Crippen LogP contribution in [0.2, 0.25) is 5.02 Å². The summed E-state index contributed by atoms with van der Waals surface area (Å²) in [5, 5.41) is 0.611. The molecule has 27 heavy (non-hydrogen) atoms. The molecule has 1 unspecified atom stereocenters. The minimum Gasteiger partial charge on any atom is -0.355 e. The summed E-state index contributed by atoms with van der Waals surface area (Å²) in [6.45, 7) is 1.62. The Morgan fingerprint density at radius 1 is 1.19 bits per heavy atom. The Hall–Kier alpha value is -2.02. The van der Waals surface area contributed by atoms with Gasteiger partial charge in [0, 0.05) is 44.0 Å². The van der Waals surface area contributed by atoms with Crippen molar-refractivity contribution in [2.75, 3.05) is 31.1 Å². The van der Waals surface area contributed by atoms with Gasteiger partial charge >= 0.3 is 0 Å². The highest BCUT2D eigenvalue weighted by molar-refractivity contribution is 6.31. The molecule has 2 aliphatic heterocycles. The highest BCUT2D eigenvalue weighted by Gasteiger charge is 2.38. The molecule has 1 amide bonds. The van der Waals surface area contributed by atoms with E-state index in [1.165, 1.54) is 0 Å². The van der Waals surface area contributed by atoms with E-state index >= 15 is 0 Å². The maximum atomic E-state index is 13.3. The van der Waals surface area contributed by atoms with Crippen LogP contribution in [0.25, 0.3) is 11.0 Å². The molecule has 2 aliphatic rings. The smallest absolute Gasteiger partial charge is 0.251 e. The van der Waals surface area contributed by atoms with Gasteiger partial charge in [0.15, 0.2) is 0 Å². The number of halogens is 3. The Morgan fingerprint density at radius 3 is 2.74 bits per heavy atom. The van der Waals surface area contributed by atoms with Crippen molar-refractivity contribution in [2.24, 2.45) is 5.92 Å². The third-order valence-electron chi connectivity index (χ3n) is 5.39. The lowest BCUT2D eigenvalue weighted by molar-refractivity contribution is -0.141. The van der Waals surface area contributed by atoms with Gasteiger partial charge in [-0.3, -0.25) is 9.78 Å². The van der Waals surface area contributed by atoms with Crippen LogP contribution in [-0.2, 0) is 4.79 Å². The molecule has 2 aromatic rings. The van der Waals surface area contributed by atoms with Gasteiger partial charge in [-0.05, 0) is 31.0 Å². The average Bonchev–Trinajstić information content (AvgIpc) is 2.67. The molecule has 2 saturated heterocycles. The van der Waals surface area contributed by atoms with E-state index in [4.69, 9.17) is 11.6 Å². The van der Waals surface area contributed by atoms with Gasteiger partial charge in [-0.2, -0.15) is 0 Å². The Bertz CT molecular complexity index is 853. The van der Waals surface area contributed by atoms with E-state index in [-0.39, 0.29) is 37.8 Å². The number of carbonyl (C=O) groups is 1. The molecule has 8 heteroatoms. The molecule has 1 aromatic carbocycles. The van der Waals surface area contributed by atoms with Crippen molar-refractivity contribution in [3.8, 4) is 0 Å². The van der Waals surface area contributed by atoms with Gasteiger partial charge in [-0.1, -0.05) is 11.6 Å². The molecular weight excluding hydrogens is 374 g/mol. The van der Waals surface area contributed by atoms with E-state index in [0.29, 0.717) is 11.6 Å². The van der Waals surface area contributed by atoms with Crippen LogP contribution in [0.4, 0.5) is 14.6 Å². The average molecular weight is 395 g/mol. The van der Waals surface area contributed by atoms with Crippen molar-refractivity contribution in [3.63, 3.8) is 0 Å². The molecule has 3 heterocycles. The zero-order chi connectivity index (χ0) is 19.0. The van der Waals surface area contributed by atoms with Crippen molar-refractivity contribution < 1.29 is 13.6 Å². The first-order valence-electron chi connectivity index (χ1n) is 9.25. The second kappa shape index (κ2) is 7.19. The molecule has 0 spiro atoms. The maximum Gasteiger partial charge on any atom is 0.251 e. The van der Waals surface area contributed by atoms with Gasteiger partial charge < -0.3 is 9.80 Å². The minimum atomic E-state index is -2.64. The summed E-state index contributed by atoms with van der Waals surface area (Å²) in [4.78, 5) is 25.5. The van der Waals surface area contributed by atoms with E-state index in [0.717, 1.165) is 36.2 Å². The predicted octanol–water partition coefficient (Wildman–Crippen LogP) is 3.76. The molecule has 4 rings (SSSR count). The first kappa shape index (κ1) is 18.3. The SMILES string of the molecule is O=C(C1CCCN(c2cnc3cc(Cl)ccc3n2)C1)N1CCC(F)(F)CC1. The lowest BCUT2D eigenvalue weighted by Gasteiger charge is -2.38. The van der Waals surface area contributed by atoms with Crippen LogP contribution in [-0.4, -0.2) is 52.9 Å². The normalized spacial score (nSPS) is 22.9. The van der Waals surface area contributed by atoms with Gasteiger partial charge in [0.05, 0.1) is 23.1 Å². The number of fused-ring (bicyclic) bond motifs is 1. The standard InChI is InChI=1S/C19H21ClF2N4O/c20-14-3-4-15-16(10-14)23-11-17(24-15)26-7-1-2-13(12-26)18(27)25-8-5-19(21,22)6-9-25/h3-4,10-11,13H,1-2,5-9,12H2. The van der Waals surface area contributed by atoms with Crippen LogP contribution in [0, 0.1) is 5.92 Å². The van der Waals surface area contributed by atoms with E-state index < -0.39 is 5.92 Å². The van der Waals surface area contributed by atoms with Gasteiger partial charge in [-0.15, -0.1) is 0 Å². The van der Waals surface area contributed by atoms with E-state index in [9.17, 15) is 13.6 Å². The van der Waals surface area contributed by atoms with Crippen LogP contribution >= 0.6 is 11.6 Å². The number of aromatic nitrogens is 2. The molecule has 0 N–H and O–H groups in total. The minimum absolute atomic E-state index is 0.0178. The summed E-state index contributed by atoms with van der Waals surface area (Å²) in [6.07, 6.45) is 2.86. The third-order valence-corrected chi connectivity index (χ3v) is 5.63. The number of amides is 1. The summed E-state index contributed by atoms with van der Waals surface area (Å²) in [5.74, 6) is -2.12. The number of rotatable bonds is 2. The topological polar surface area (TPSA) is 49.3 Å². The van der Waals surface area contributed by atoms with Crippen molar-refractivity contribution in [1.29, 1.82) is 0 Å². The quantitative estimate of drug-likeness (QED) is 0.778. The number of carbonyl (C=O) groups excluding carboxylic acids is 1. The predicted molar refractivity (Wildman–Crippen MR) is 100 cm³/mol. The van der Waals surface area contributed by atoms with Crippen molar-refractivity contribution in [1.82, 2.24) is 14.9 Å². The Morgan fingerprint density at radius 2 is 1.96 bits per heavy atom. The molecule has 0 radical (unpaired) electrons. The summed E-state index contributed by atoms with van der Waals surface area (Å²) >= 11 is 5.99. The maximum absolute atomic E-state index is 13.3. The molecular formula is C19H21ClF2N4O. The Labute approximate surface area is 161 Å². The Balaban J connectivity index is 1.46. The molecule has 5 nitrogen and oxygen atoms in total. The van der Waals surface area contributed by atoms with Gasteiger partial charge in [0.25, 0.3) is 5.92 Å². The summed E-state index contributed by atoms with van der Waals surface area (Å²) in [5.41, 5.74) is 1.48. The highest BCUT2D eigenvalue weighted by atomic mass is 35.5. The number of benzene rings is 1. The second-order valence-corrected chi connectivity index (χ2v) is 7.76. The number of anilines is 1. The highest BCUT2D eigenvalue weighted by Crippen LogP contribution is 2.30. The summed E-state index contributed by atoms with van der Waals surface area (Å²) < 4.78 is 26.7. The molecule has 2 fully saturated rings. The number of alkyl halides is 2. The fourth-order valence-corrected chi connectivity index (χ4v) is 3.99. The van der Waals surface area contributed by atoms with Crippen molar-refractivity contribution in [2.45, 2.75) is 31.6 Å². The Kier molecular flexibility index (Phi) is 4.88. The lowest BCUT2D eigenvalue weighted by atomic mass is 9.95. The van der Waals surface area contributed by atoms with E-state index in [2.05, 4.69) is 14.9 Å². The summed E-state index contributed by atoms with van der Waals surface area (Å²) in [7, 11) is 0. The number of nitrogens with zero attached hydrogens (tertiary/aromatic N) is 4. The van der Waals surface area contributed by atoms with E-state index in [1.807, 2.05) is 6.07 Å². The van der Waals surface area contributed by atoms with Gasteiger partial charge in [0.2, 0.25) is 5.91 Å². The molecule has 0 saturated carbocycles. The van der Waals surface area contributed by atoms with Crippen molar-refractivity contribution in [3.05, 3.63) is 29.4 Å². The monoisotopic (exact) mass is 394 g/mol. The number of likely N-dealkylation sites (tertiary alicyclic amines) is 1. The number of hydrogen-bond donors (Lipinski definition) is 0. The number of piperidine rings is 2. The van der Waals surface area contributed by atoms with Gasteiger partial charge in [0.1, 0.15) is 5.82 Å². The van der Waals surface area contributed by atoms with Crippen LogP contribution < -0.4 is 4.90 Å². The third kappa shape index (κ3) is 3.98. The zero-order valence-corrected chi connectivity index (χ0v) is 15.6. The fourth-order valence-electron chi connectivity index (χ4n) is 3.83. The van der Waals surface area contributed by atoms with Crippen molar-refractivity contribution >= 4 is 34.4 Å². The van der Waals surface area contributed by atoms with Crippen LogP contribution in [0.1, 0.15) is 25.7 Å².